The molecule has 0 fully saturated rings. The summed E-state index contributed by atoms with van der Waals surface area (Å²) in [6.45, 7) is 5.79. The average Bonchev–Trinajstić information content (AvgIpc) is 2.00. The van der Waals surface area contributed by atoms with E-state index < -0.39 is 11.7 Å². The smallest absolute Gasteiger partial charge is 0.407 e. The van der Waals surface area contributed by atoms with Crippen molar-refractivity contribution in [2.24, 2.45) is 0 Å². The Morgan fingerprint density at radius 3 is 2.57 bits per heavy atom. The van der Waals surface area contributed by atoms with Crippen molar-refractivity contribution in [3.05, 3.63) is 0 Å². The van der Waals surface area contributed by atoms with E-state index in [0.717, 1.165) is 0 Å². The van der Waals surface area contributed by atoms with E-state index in [4.69, 9.17) is 4.74 Å². The highest BCUT2D eigenvalue weighted by molar-refractivity contribution is 5.67. The molecule has 0 aliphatic carbocycles. The van der Waals surface area contributed by atoms with Crippen molar-refractivity contribution in [2.45, 2.75) is 26.4 Å². The normalized spacial score (nSPS) is 10.5. The molecule has 0 heterocycles. The van der Waals surface area contributed by atoms with Gasteiger partial charge in [0.05, 0.1) is 6.61 Å². The minimum Gasteiger partial charge on any atom is -0.444 e. The van der Waals surface area contributed by atoms with Gasteiger partial charge in [-0.25, -0.2) is 10.3 Å². The van der Waals surface area contributed by atoms with Crippen molar-refractivity contribution < 1.29 is 19.2 Å². The minimum absolute atomic E-state index is 0.192. The maximum Gasteiger partial charge on any atom is 0.407 e. The number of carbonyl (C=O) groups is 2. The van der Waals surface area contributed by atoms with Crippen LogP contribution < -0.4 is 10.8 Å². The molecule has 6 nitrogen and oxygen atoms in total. The molecule has 0 aliphatic rings. The number of rotatable bonds is 5. The summed E-state index contributed by atoms with van der Waals surface area (Å²) in [5, 5.41) is 2.46. The summed E-state index contributed by atoms with van der Waals surface area (Å²) < 4.78 is 4.95. The van der Waals surface area contributed by atoms with Gasteiger partial charge in [0.25, 0.3) is 0 Å². The number of alkyl carbamates (subject to hydrolysis) is 1. The van der Waals surface area contributed by atoms with Crippen LogP contribution in [0.5, 0.6) is 0 Å². The van der Waals surface area contributed by atoms with Gasteiger partial charge in [-0.3, -0.25) is 9.63 Å². The molecule has 0 bridgehead atoms. The second-order valence-corrected chi connectivity index (χ2v) is 3.51. The quantitative estimate of drug-likeness (QED) is 0.381. The molecule has 14 heavy (non-hydrogen) atoms. The fourth-order valence-electron chi connectivity index (χ4n) is 0.611. The maximum absolute atomic E-state index is 11.0. The molecule has 0 aromatic carbocycles. The third-order valence-electron chi connectivity index (χ3n) is 1.00. The monoisotopic (exact) mass is 204 g/mol. The molecule has 0 saturated heterocycles. The first-order chi connectivity index (χ1) is 6.45. The Hall–Kier alpha value is -1.30. The lowest BCUT2D eigenvalue weighted by molar-refractivity contribution is -0.120. The van der Waals surface area contributed by atoms with E-state index in [1.165, 1.54) is 0 Å². The molecule has 0 radical (unpaired) electrons. The molecule has 0 aromatic heterocycles. The third-order valence-corrected chi connectivity index (χ3v) is 1.00. The third kappa shape index (κ3) is 8.79. The van der Waals surface area contributed by atoms with E-state index in [0.29, 0.717) is 6.41 Å². The zero-order valence-electron chi connectivity index (χ0n) is 8.62. The van der Waals surface area contributed by atoms with Crippen LogP contribution in [-0.4, -0.2) is 31.3 Å². The first-order valence-corrected chi connectivity index (χ1v) is 4.23. The summed E-state index contributed by atoms with van der Waals surface area (Å²) in [6.07, 6.45) is -0.0970. The topological polar surface area (TPSA) is 76.7 Å². The largest absolute Gasteiger partial charge is 0.444 e. The van der Waals surface area contributed by atoms with Crippen molar-refractivity contribution >= 4 is 12.5 Å². The van der Waals surface area contributed by atoms with Crippen molar-refractivity contribution in [3.8, 4) is 0 Å². The fraction of sp³-hybridized carbons (Fsp3) is 0.750. The molecule has 82 valence electrons. The molecule has 0 spiro atoms. The number of hydrogen-bond acceptors (Lipinski definition) is 4. The van der Waals surface area contributed by atoms with Crippen molar-refractivity contribution in [3.63, 3.8) is 0 Å². The molecule has 2 N–H and O–H groups in total. The van der Waals surface area contributed by atoms with Gasteiger partial charge in [0.1, 0.15) is 5.60 Å². The second-order valence-electron chi connectivity index (χ2n) is 3.51. The summed E-state index contributed by atoms with van der Waals surface area (Å²) in [7, 11) is 0. The average molecular weight is 204 g/mol. The minimum atomic E-state index is -0.508. The lowest BCUT2D eigenvalue weighted by atomic mass is 10.2. The van der Waals surface area contributed by atoms with Crippen LogP contribution in [0, 0.1) is 0 Å². The number of nitrogens with one attached hydrogen (secondary N) is 2. The van der Waals surface area contributed by atoms with Gasteiger partial charge in [0.2, 0.25) is 6.41 Å². The highest BCUT2D eigenvalue weighted by Crippen LogP contribution is 2.05. The molecule has 0 rings (SSSR count). The Kier molecular flexibility index (Phi) is 5.62. The number of amides is 2. The molecule has 0 aliphatic heterocycles. The van der Waals surface area contributed by atoms with E-state index in [9.17, 15) is 9.59 Å². The van der Waals surface area contributed by atoms with Gasteiger partial charge in [-0.15, -0.1) is 0 Å². The Morgan fingerprint density at radius 2 is 2.07 bits per heavy atom. The standard InChI is InChI=1S/C8H16N2O4/c1-8(2,3)14-7(12)9-4-5-13-10-6-11/h6H,4-5H2,1-3H3,(H,9,12)(H,10,11). The SMILES string of the molecule is CC(C)(C)OC(=O)NCCONC=O. The Bertz CT molecular complexity index is 188. The summed E-state index contributed by atoms with van der Waals surface area (Å²) in [6, 6.07) is 0. The van der Waals surface area contributed by atoms with Gasteiger partial charge in [-0.05, 0) is 20.8 Å². The lowest BCUT2D eigenvalue weighted by Crippen LogP contribution is -2.35. The van der Waals surface area contributed by atoms with Gasteiger partial charge >= 0.3 is 6.09 Å². The Balaban J connectivity index is 3.41. The van der Waals surface area contributed by atoms with Crippen LogP contribution in [0.3, 0.4) is 0 Å². The molecule has 6 heteroatoms. The molecular formula is C8H16N2O4. The van der Waals surface area contributed by atoms with Crippen molar-refractivity contribution in [1.29, 1.82) is 0 Å². The number of hydrogen-bond donors (Lipinski definition) is 2. The molecule has 2 amide bonds. The predicted octanol–water partition coefficient (Wildman–Crippen LogP) is 0.189. The first-order valence-electron chi connectivity index (χ1n) is 4.23. The van der Waals surface area contributed by atoms with Gasteiger partial charge in [0, 0.05) is 6.54 Å². The van der Waals surface area contributed by atoms with Crippen LogP contribution in [-0.2, 0) is 14.4 Å². The summed E-state index contributed by atoms with van der Waals surface area (Å²) in [4.78, 5) is 25.3. The van der Waals surface area contributed by atoms with Gasteiger partial charge < -0.3 is 10.1 Å². The van der Waals surface area contributed by atoms with Crippen LogP contribution in [0.2, 0.25) is 0 Å². The van der Waals surface area contributed by atoms with Crippen LogP contribution in [0.25, 0.3) is 0 Å². The number of carbonyl (C=O) groups excluding carboxylic acids is 2. The van der Waals surface area contributed by atoms with E-state index >= 15 is 0 Å². The van der Waals surface area contributed by atoms with Gasteiger partial charge in [-0.1, -0.05) is 0 Å². The van der Waals surface area contributed by atoms with Gasteiger partial charge in [-0.2, -0.15) is 0 Å². The van der Waals surface area contributed by atoms with Gasteiger partial charge in [0.15, 0.2) is 0 Å². The number of hydroxylamine groups is 1. The van der Waals surface area contributed by atoms with Crippen molar-refractivity contribution in [1.82, 2.24) is 10.8 Å². The Morgan fingerprint density at radius 1 is 1.43 bits per heavy atom. The van der Waals surface area contributed by atoms with Crippen LogP contribution in [0.15, 0.2) is 0 Å². The highest BCUT2D eigenvalue weighted by atomic mass is 16.6. The Labute approximate surface area is 82.9 Å². The molecule has 0 unspecified atom stereocenters. The van der Waals surface area contributed by atoms with Crippen LogP contribution in [0.4, 0.5) is 4.79 Å². The first kappa shape index (κ1) is 12.7. The summed E-state index contributed by atoms with van der Waals surface area (Å²) in [5.74, 6) is 0. The predicted molar refractivity (Wildman–Crippen MR) is 49.4 cm³/mol. The number of ether oxygens (including phenoxy) is 1. The summed E-state index contributed by atoms with van der Waals surface area (Å²) >= 11 is 0. The van der Waals surface area contributed by atoms with E-state index in [1.807, 2.05) is 5.48 Å². The zero-order chi connectivity index (χ0) is 11.0. The second kappa shape index (κ2) is 6.20. The summed E-state index contributed by atoms with van der Waals surface area (Å²) in [5.41, 5.74) is 1.49. The van der Waals surface area contributed by atoms with E-state index in [1.54, 1.807) is 20.8 Å². The molecule has 0 atom stereocenters. The van der Waals surface area contributed by atoms with E-state index in [-0.39, 0.29) is 13.2 Å². The highest BCUT2D eigenvalue weighted by Gasteiger charge is 2.15. The molecule has 0 saturated carbocycles. The van der Waals surface area contributed by atoms with Crippen LogP contribution in [0.1, 0.15) is 20.8 Å². The van der Waals surface area contributed by atoms with E-state index in [2.05, 4.69) is 10.2 Å². The zero-order valence-corrected chi connectivity index (χ0v) is 8.62. The molecular weight excluding hydrogens is 188 g/mol. The van der Waals surface area contributed by atoms with Crippen molar-refractivity contribution in [2.75, 3.05) is 13.2 Å². The molecule has 0 aromatic rings. The lowest BCUT2D eigenvalue weighted by Gasteiger charge is -2.19. The van der Waals surface area contributed by atoms with Crippen LogP contribution >= 0.6 is 0 Å². The maximum atomic E-state index is 11.0. The fourth-order valence-corrected chi connectivity index (χ4v) is 0.611.